The highest BCUT2D eigenvalue weighted by atomic mass is 35.5. The van der Waals surface area contributed by atoms with E-state index in [9.17, 15) is 0 Å². The van der Waals surface area contributed by atoms with Gasteiger partial charge in [-0.15, -0.1) is 0 Å². The lowest BCUT2D eigenvalue weighted by Gasteiger charge is -2.09. The number of hydrogen-bond donors (Lipinski definition) is 2. The molecule has 0 amide bonds. The molecule has 0 heterocycles. The van der Waals surface area contributed by atoms with Crippen LogP contribution in [-0.4, -0.2) is 0 Å². The average Bonchev–Trinajstić information content (AvgIpc) is 2.28. The number of nitrogens with two attached hydrogens (primary N) is 2. The lowest BCUT2D eigenvalue weighted by Crippen LogP contribution is -1.96. The van der Waals surface area contributed by atoms with E-state index in [1.54, 1.807) is 12.1 Å². The first-order valence-corrected chi connectivity index (χ1v) is 5.91. The molecule has 2 aromatic rings. The third kappa shape index (κ3) is 2.55. The fraction of sp³-hybridized carbons (Fsp3) is 0.0769. The Morgan fingerprint density at radius 3 is 2.24 bits per heavy atom. The van der Waals surface area contributed by atoms with E-state index < -0.39 is 0 Å². The van der Waals surface area contributed by atoms with Gasteiger partial charge in [0.1, 0.15) is 0 Å². The van der Waals surface area contributed by atoms with Crippen LogP contribution in [0.25, 0.3) is 11.1 Å². The van der Waals surface area contributed by atoms with Crippen molar-refractivity contribution in [2.75, 3.05) is 5.73 Å². The number of benzene rings is 2. The Morgan fingerprint density at radius 2 is 1.65 bits per heavy atom. The van der Waals surface area contributed by atoms with Crippen molar-refractivity contribution in [1.29, 1.82) is 0 Å². The Kier molecular flexibility index (Phi) is 3.57. The molecule has 0 atom stereocenters. The summed E-state index contributed by atoms with van der Waals surface area (Å²) in [5.74, 6) is 0. The quantitative estimate of drug-likeness (QED) is 0.815. The Bertz CT molecular complexity index is 530. The Morgan fingerprint density at radius 1 is 1.00 bits per heavy atom. The molecule has 0 aliphatic rings. The molecule has 4 N–H and O–H groups in total. The van der Waals surface area contributed by atoms with Crippen molar-refractivity contribution < 1.29 is 0 Å². The molecule has 2 nitrogen and oxygen atoms in total. The SMILES string of the molecule is NCc1cccc(-c2c(Cl)cc(N)cc2Cl)c1. The van der Waals surface area contributed by atoms with Gasteiger partial charge < -0.3 is 11.5 Å². The number of anilines is 1. The van der Waals surface area contributed by atoms with Gasteiger partial charge >= 0.3 is 0 Å². The molecule has 88 valence electrons. The van der Waals surface area contributed by atoms with Gasteiger partial charge in [-0.2, -0.15) is 0 Å². The molecule has 0 aliphatic heterocycles. The van der Waals surface area contributed by atoms with Crippen LogP contribution in [0.2, 0.25) is 10.0 Å². The molecule has 0 saturated carbocycles. The summed E-state index contributed by atoms with van der Waals surface area (Å²) < 4.78 is 0. The predicted molar refractivity (Wildman–Crippen MR) is 74.2 cm³/mol. The van der Waals surface area contributed by atoms with E-state index >= 15 is 0 Å². The molecule has 0 aromatic heterocycles. The first-order chi connectivity index (χ1) is 8.11. The maximum atomic E-state index is 6.17. The van der Waals surface area contributed by atoms with Crippen LogP contribution in [0.4, 0.5) is 5.69 Å². The van der Waals surface area contributed by atoms with Crippen LogP contribution in [0.3, 0.4) is 0 Å². The van der Waals surface area contributed by atoms with Gasteiger partial charge in [0.05, 0.1) is 10.0 Å². The summed E-state index contributed by atoms with van der Waals surface area (Å²) in [5.41, 5.74) is 14.6. The van der Waals surface area contributed by atoms with Gasteiger partial charge in [-0.3, -0.25) is 0 Å². The zero-order valence-electron chi connectivity index (χ0n) is 9.08. The second kappa shape index (κ2) is 4.96. The van der Waals surface area contributed by atoms with Crippen LogP contribution in [0, 0.1) is 0 Å². The van der Waals surface area contributed by atoms with E-state index in [2.05, 4.69) is 0 Å². The highest BCUT2D eigenvalue weighted by molar-refractivity contribution is 6.39. The van der Waals surface area contributed by atoms with E-state index in [-0.39, 0.29) is 0 Å². The summed E-state index contributed by atoms with van der Waals surface area (Å²) in [7, 11) is 0. The van der Waals surface area contributed by atoms with Crippen molar-refractivity contribution in [1.82, 2.24) is 0 Å². The van der Waals surface area contributed by atoms with Crippen molar-refractivity contribution in [3.05, 3.63) is 52.0 Å². The van der Waals surface area contributed by atoms with Crippen LogP contribution < -0.4 is 11.5 Å². The second-order valence-corrected chi connectivity index (χ2v) is 4.58. The molecule has 0 bridgehead atoms. The van der Waals surface area contributed by atoms with Gasteiger partial charge in [0.15, 0.2) is 0 Å². The lowest BCUT2D eigenvalue weighted by molar-refractivity contribution is 1.07. The summed E-state index contributed by atoms with van der Waals surface area (Å²) >= 11 is 12.3. The van der Waals surface area contributed by atoms with Crippen molar-refractivity contribution in [3.63, 3.8) is 0 Å². The van der Waals surface area contributed by atoms with Gasteiger partial charge in [-0.25, -0.2) is 0 Å². The van der Waals surface area contributed by atoms with Crippen molar-refractivity contribution in [3.8, 4) is 11.1 Å². The minimum absolute atomic E-state index is 0.484. The largest absolute Gasteiger partial charge is 0.399 e. The van der Waals surface area contributed by atoms with Crippen LogP contribution in [0.1, 0.15) is 5.56 Å². The first kappa shape index (κ1) is 12.2. The first-order valence-electron chi connectivity index (χ1n) is 5.15. The highest BCUT2D eigenvalue weighted by Crippen LogP contribution is 2.36. The molecule has 2 aromatic carbocycles. The number of halogens is 2. The number of rotatable bonds is 2. The summed E-state index contributed by atoms with van der Waals surface area (Å²) in [4.78, 5) is 0. The molecule has 17 heavy (non-hydrogen) atoms. The van der Waals surface area contributed by atoms with Gasteiger partial charge in [0.25, 0.3) is 0 Å². The summed E-state index contributed by atoms with van der Waals surface area (Å²) in [6, 6.07) is 11.2. The molecule has 0 saturated heterocycles. The molecular weight excluding hydrogens is 255 g/mol. The number of nitrogen functional groups attached to an aromatic ring is 1. The van der Waals surface area contributed by atoms with E-state index in [1.165, 1.54) is 0 Å². The maximum absolute atomic E-state index is 6.17. The normalized spacial score (nSPS) is 10.5. The highest BCUT2D eigenvalue weighted by Gasteiger charge is 2.10. The lowest BCUT2D eigenvalue weighted by atomic mass is 10.0. The molecular formula is C13H12Cl2N2. The summed E-state index contributed by atoms with van der Waals surface area (Å²) in [6.07, 6.45) is 0. The van der Waals surface area contributed by atoms with Gasteiger partial charge in [-0.1, -0.05) is 41.4 Å². The third-order valence-electron chi connectivity index (χ3n) is 2.52. The Hall–Kier alpha value is -1.22. The van der Waals surface area contributed by atoms with E-state index in [4.69, 9.17) is 34.7 Å². The van der Waals surface area contributed by atoms with E-state index in [0.29, 0.717) is 22.3 Å². The Labute approximate surface area is 110 Å². The smallest absolute Gasteiger partial charge is 0.0519 e. The topological polar surface area (TPSA) is 52.0 Å². The summed E-state index contributed by atoms with van der Waals surface area (Å²) in [5, 5.41) is 1.09. The molecule has 0 unspecified atom stereocenters. The molecule has 0 radical (unpaired) electrons. The minimum Gasteiger partial charge on any atom is -0.399 e. The predicted octanol–water partition coefficient (Wildman–Crippen LogP) is 3.70. The molecule has 2 rings (SSSR count). The Balaban J connectivity index is 2.60. The van der Waals surface area contributed by atoms with Crippen LogP contribution in [-0.2, 0) is 6.54 Å². The van der Waals surface area contributed by atoms with Crippen LogP contribution in [0.15, 0.2) is 36.4 Å². The number of hydrogen-bond acceptors (Lipinski definition) is 2. The van der Waals surface area contributed by atoms with E-state index in [0.717, 1.165) is 16.7 Å². The van der Waals surface area contributed by atoms with E-state index in [1.807, 2.05) is 24.3 Å². The second-order valence-electron chi connectivity index (χ2n) is 3.76. The zero-order valence-corrected chi connectivity index (χ0v) is 10.6. The van der Waals surface area contributed by atoms with Gasteiger partial charge in [-0.05, 0) is 29.3 Å². The van der Waals surface area contributed by atoms with Crippen LogP contribution >= 0.6 is 23.2 Å². The monoisotopic (exact) mass is 266 g/mol. The average molecular weight is 267 g/mol. The fourth-order valence-electron chi connectivity index (χ4n) is 1.72. The zero-order chi connectivity index (χ0) is 12.4. The van der Waals surface area contributed by atoms with Gasteiger partial charge in [0, 0.05) is 17.8 Å². The fourth-order valence-corrected chi connectivity index (χ4v) is 2.44. The van der Waals surface area contributed by atoms with Crippen LogP contribution in [0.5, 0.6) is 0 Å². The molecule has 0 fully saturated rings. The van der Waals surface area contributed by atoms with Gasteiger partial charge in [0.2, 0.25) is 0 Å². The molecule has 0 aliphatic carbocycles. The van der Waals surface area contributed by atoms with Crippen molar-refractivity contribution >= 4 is 28.9 Å². The molecule has 4 heteroatoms. The summed E-state index contributed by atoms with van der Waals surface area (Å²) in [6.45, 7) is 0.484. The molecule has 0 spiro atoms. The van der Waals surface area contributed by atoms with Crippen molar-refractivity contribution in [2.45, 2.75) is 6.54 Å². The standard InChI is InChI=1S/C13H12Cl2N2/c14-11-5-10(17)6-12(15)13(11)9-3-1-2-8(4-9)7-16/h1-6H,7,16-17H2. The minimum atomic E-state index is 0.484. The third-order valence-corrected chi connectivity index (χ3v) is 3.11. The van der Waals surface area contributed by atoms with Crippen molar-refractivity contribution in [2.24, 2.45) is 5.73 Å². The maximum Gasteiger partial charge on any atom is 0.0519 e.